The molecule has 5 nitrogen and oxygen atoms in total. The van der Waals surface area contributed by atoms with E-state index in [1.807, 2.05) is 24.5 Å². The summed E-state index contributed by atoms with van der Waals surface area (Å²) >= 11 is 0. The summed E-state index contributed by atoms with van der Waals surface area (Å²) in [5.74, 6) is -0.529. The predicted octanol–water partition coefficient (Wildman–Crippen LogP) is 1.17. The fourth-order valence-corrected chi connectivity index (χ4v) is 1.67. The molecule has 0 saturated heterocycles. The van der Waals surface area contributed by atoms with Crippen LogP contribution in [0.1, 0.15) is 21.7 Å². The van der Waals surface area contributed by atoms with Gasteiger partial charge in [0.05, 0.1) is 17.6 Å². The number of carbonyl (C=O) groups is 1. The number of amides is 1. The number of carbonyl (C=O) groups excluding carboxylic acids is 1. The van der Waals surface area contributed by atoms with Crippen molar-refractivity contribution >= 4 is 11.6 Å². The topological polar surface area (TPSA) is 86.9 Å². The minimum atomic E-state index is -0.529. The molecule has 0 unspecified atom stereocenters. The third-order valence-corrected chi connectivity index (χ3v) is 2.83. The summed E-state index contributed by atoms with van der Waals surface area (Å²) in [7, 11) is 0. The van der Waals surface area contributed by atoms with Crippen molar-refractivity contribution in [3.05, 3.63) is 41.5 Å². The van der Waals surface area contributed by atoms with Gasteiger partial charge >= 0.3 is 0 Å². The number of benzene rings is 1. The molecule has 1 aromatic heterocycles. The van der Waals surface area contributed by atoms with Gasteiger partial charge in [0.2, 0.25) is 0 Å². The Bertz CT molecular complexity index is 586. The van der Waals surface area contributed by atoms with Crippen molar-refractivity contribution < 1.29 is 4.79 Å². The number of nitrogen functional groups attached to an aromatic ring is 1. The number of rotatable bonds is 2. The number of nitrogens with zero attached hydrogens (tertiary/aromatic N) is 2. The van der Waals surface area contributed by atoms with E-state index >= 15 is 0 Å². The standard InChI is InChI=1S/C12H14N4O/c1-7-8(2)16(6-15-7)9-3-4-11(13)10(5-9)12(14)17/h3-6H,13H2,1-2H3,(H2,14,17). The third-order valence-electron chi connectivity index (χ3n) is 2.83. The molecular weight excluding hydrogens is 216 g/mol. The number of hydrogen-bond donors (Lipinski definition) is 2. The number of nitrogens with two attached hydrogens (primary N) is 2. The molecular formula is C12H14N4O. The quantitative estimate of drug-likeness (QED) is 0.759. The summed E-state index contributed by atoms with van der Waals surface area (Å²) in [6.07, 6.45) is 1.71. The monoisotopic (exact) mass is 230 g/mol. The van der Waals surface area contributed by atoms with E-state index in [1.54, 1.807) is 18.5 Å². The molecule has 0 radical (unpaired) electrons. The zero-order chi connectivity index (χ0) is 12.6. The molecule has 1 heterocycles. The minimum Gasteiger partial charge on any atom is -0.398 e. The van der Waals surface area contributed by atoms with Crippen LogP contribution in [0.2, 0.25) is 0 Å². The van der Waals surface area contributed by atoms with E-state index in [0.717, 1.165) is 17.1 Å². The number of aromatic nitrogens is 2. The summed E-state index contributed by atoms with van der Waals surface area (Å²) in [4.78, 5) is 15.4. The Hall–Kier alpha value is -2.30. The van der Waals surface area contributed by atoms with Crippen LogP contribution >= 0.6 is 0 Å². The molecule has 17 heavy (non-hydrogen) atoms. The van der Waals surface area contributed by atoms with E-state index in [4.69, 9.17) is 11.5 Å². The van der Waals surface area contributed by atoms with Gasteiger partial charge in [-0.25, -0.2) is 4.98 Å². The lowest BCUT2D eigenvalue weighted by Crippen LogP contribution is -2.14. The average molecular weight is 230 g/mol. The SMILES string of the molecule is Cc1ncn(-c2ccc(N)c(C(N)=O)c2)c1C. The van der Waals surface area contributed by atoms with Crippen LogP contribution in [0.5, 0.6) is 0 Å². The second-order valence-electron chi connectivity index (χ2n) is 3.92. The minimum absolute atomic E-state index is 0.327. The zero-order valence-electron chi connectivity index (χ0n) is 9.77. The van der Waals surface area contributed by atoms with Crippen LogP contribution in [0.15, 0.2) is 24.5 Å². The molecule has 1 amide bonds. The third kappa shape index (κ3) is 1.87. The summed E-state index contributed by atoms with van der Waals surface area (Å²) in [5.41, 5.74) is 14.4. The number of imidazole rings is 1. The Balaban J connectivity index is 2.58. The average Bonchev–Trinajstić information content (AvgIpc) is 2.60. The lowest BCUT2D eigenvalue weighted by molar-refractivity contribution is 0.100. The van der Waals surface area contributed by atoms with Gasteiger partial charge in [-0.3, -0.25) is 4.79 Å². The molecule has 88 valence electrons. The van der Waals surface area contributed by atoms with Gasteiger partial charge in [0.15, 0.2) is 0 Å². The lowest BCUT2D eigenvalue weighted by Gasteiger charge is -2.08. The first-order valence-electron chi connectivity index (χ1n) is 5.21. The predicted molar refractivity (Wildman–Crippen MR) is 66.0 cm³/mol. The van der Waals surface area contributed by atoms with Crippen LogP contribution < -0.4 is 11.5 Å². The molecule has 1 aromatic carbocycles. The molecule has 5 heteroatoms. The molecule has 0 aliphatic rings. The number of hydrogen-bond acceptors (Lipinski definition) is 3. The van der Waals surface area contributed by atoms with Gasteiger partial charge in [0, 0.05) is 17.1 Å². The molecule has 2 rings (SSSR count). The van der Waals surface area contributed by atoms with Crippen molar-refractivity contribution in [2.24, 2.45) is 5.73 Å². The number of primary amides is 1. The molecule has 0 fully saturated rings. The van der Waals surface area contributed by atoms with Crippen LogP contribution in [0.3, 0.4) is 0 Å². The maximum Gasteiger partial charge on any atom is 0.250 e. The summed E-state index contributed by atoms with van der Waals surface area (Å²) in [5, 5.41) is 0. The van der Waals surface area contributed by atoms with Crippen molar-refractivity contribution in [1.82, 2.24) is 9.55 Å². The Morgan fingerprint density at radius 2 is 2.06 bits per heavy atom. The van der Waals surface area contributed by atoms with Crippen LogP contribution in [0.25, 0.3) is 5.69 Å². The van der Waals surface area contributed by atoms with E-state index in [-0.39, 0.29) is 0 Å². The first-order valence-corrected chi connectivity index (χ1v) is 5.21. The summed E-state index contributed by atoms with van der Waals surface area (Å²) in [6, 6.07) is 5.17. The molecule has 0 aliphatic carbocycles. The van der Waals surface area contributed by atoms with Crippen LogP contribution in [0, 0.1) is 13.8 Å². The highest BCUT2D eigenvalue weighted by Gasteiger charge is 2.09. The van der Waals surface area contributed by atoms with Crippen LogP contribution in [0.4, 0.5) is 5.69 Å². The van der Waals surface area contributed by atoms with E-state index < -0.39 is 5.91 Å². The Kier molecular flexibility index (Phi) is 2.59. The summed E-state index contributed by atoms with van der Waals surface area (Å²) < 4.78 is 1.89. The van der Waals surface area contributed by atoms with E-state index in [0.29, 0.717) is 11.3 Å². The fourth-order valence-electron chi connectivity index (χ4n) is 1.67. The van der Waals surface area contributed by atoms with Gasteiger partial charge in [0.1, 0.15) is 0 Å². The van der Waals surface area contributed by atoms with E-state index in [9.17, 15) is 4.79 Å². The molecule has 4 N–H and O–H groups in total. The van der Waals surface area contributed by atoms with E-state index in [2.05, 4.69) is 4.98 Å². The highest BCUT2D eigenvalue weighted by Crippen LogP contribution is 2.19. The molecule has 0 saturated carbocycles. The smallest absolute Gasteiger partial charge is 0.250 e. The summed E-state index contributed by atoms with van der Waals surface area (Å²) in [6.45, 7) is 3.89. The molecule has 0 bridgehead atoms. The molecule has 0 aliphatic heterocycles. The fraction of sp³-hybridized carbons (Fsp3) is 0.167. The van der Waals surface area contributed by atoms with Crippen molar-refractivity contribution in [2.75, 3.05) is 5.73 Å². The second kappa shape index (κ2) is 3.93. The van der Waals surface area contributed by atoms with Crippen molar-refractivity contribution in [3.63, 3.8) is 0 Å². The Labute approximate surface area is 99.1 Å². The molecule has 0 atom stereocenters. The van der Waals surface area contributed by atoms with Crippen LogP contribution in [-0.2, 0) is 0 Å². The highest BCUT2D eigenvalue weighted by atomic mass is 16.1. The van der Waals surface area contributed by atoms with Crippen molar-refractivity contribution in [2.45, 2.75) is 13.8 Å². The highest BCUT2D eigenvalue weighted by molar-refractivity contribution is 5.98. The molecule has 0 spiro atoms. The van der Waals surface area contributed by atoms with Crippen LogP contribution in [-0.4, -0.2) is 15.5 Å². The lowest BCUT2D eigenvalue weighted by atomic mass is 10.1. The number of anilines is 1. The van der Waals surface area contributed by atoms with Gasteiger partial charge in [0.25, 0.3) is 5.91 Å². The Morgan fingerprint density at radius 1 is 1.35 bits per heavy atom. The second-order valence-corrected chi connectivity index (χ2v) is 3.92. The van der Waals surface area contributed by atoms with Gasteiger partial charge < -0.3 is 16.0 Å². The molecule has 2 aromatic rings. The van der Waals surface area contributed by atoms with Gasteiger partial charge in [-0.2, -0.15) is 0 Å². The number of aryl methyl sites for hydroxylation is 1. The first kappa shape index (κ1) is 11.2. The van der Waals surface area contributed by atoms with Gasteiger partial charge in [-0.15, -0.1) is 0 Å². The normalized spacial score (nSPS) is 10.5. The van der Waals surface area contributed by atoms with Gasteiger partial charge in [-0.1, -0.05) is 0 Å². The largest absolute Gasteiger partial charge is 0.398 e. The van der Waals surface area contributed by atoms with E-state index in [1.165, 1.54) is 0 Å². The maximum atomic E-state index is 11.2. The maximum absolute atomic E-state index is 11.2. The zero-order valence-corrected chi connectivity index (χ0v) is 9.77. The Morgan fingerprint density at radius 3 is 2.59 bits per heavy atom. The van der Waals surface area contributed by atoms with Crippen molar-refractivity contribution in [3.8, 4) is 5.69 Å². The van der Waals surface area contributed by atoms with Crippen molar-refractivity contribution in [1.29, 1.82) is 0 Å². The van der Waals surface area contributed by atoms with Gasteiger partial charge in [-0.05, 0) is 32.0 Å². The first-order chi connectivity index (χ1) is 8.00.